The van der Waals surface area contributed by atoms with Crippen LogP contribution in [0.3, 0.4) is 0 Å². The molecule has 29 heavy (non-hydrogen) atoms. The zero-order valence-corrected chi connectivity index (χ0v) is 15.5. The van der Waals surface area contributed by atoms with E-state index < -0.39 is 0 Å². The molecule has 1 atom stereocenters. The lowest BCUT2D eigenvalue weighted by Gasteiger charge is -2.03. The molecule has 0 unspecified atom stereocenters. The molecule has 3 aromatic carbocycles. The molecule has 142 valence electrons. The molecule has 0 fully saturated rings. The van der Waals surface area contributed by atoms with E-state index in [0.717, 1.165) is 11.3 Å². The number of aromatic hydroxyl groups is 1. The fraction of sp³-hybridized carbons (Fsp3) is 0.0909. The SMILES string of the molecule is Oc1cc(N=Nc2ccccc2)ccc1/C=N\N=C1/C[C@@H](c2ccccc2)N=N1. The number of benzene rings is 3. The first-order chi connectivity index (χ1) is 14.3. The molecule has 1 N–H and O–H groups in total. The van der Waals surface area contributed by atoms with E-state index in [-0.39, 0.29) is 11.8 Å². The Bertz CT molecular complexity index is 1090. The highest BCUT2D eigenvalue weighted by Crippen LogP contribution is 2.28. The average molecular weight is 382 g/mol. The lowest BCUT2D eigenvalue weighted by molar-refractivity contribution is 0.474. The van der Waals surface area contributed by atoms with Crippen LogP contribution in [-0.4, -0.2) is 17.2 Å². The van der Waals surface area contributed by atoms with Crippen molar-refractivity contribution < 1.29 is 5.11 Å². The first-order valence-electron chi connectivity index (χ1n) is 9.13. The Labute approximate surface area is 167 Å². The van der Waals surface area contributed by atoms with E-state index >= 15 is 0 Å². The molecule has 3 aromatic rings. The molecule has 0 saturated carbocycles. The van der Waals surface area contributed by atoms with Gasteiger partial charge in [-0.15, -0.1) is 10.2 Å². The Morgan fingerprint density at radius 3 is 2.34 bits per heavy atom. The van der Waals surface area contributed by atoms with Crippen LogP contribution < -0.4 is 0 Å². The van der Waals surface area contributed by atoms with Gasteiger partial charge in [-0.3, -0.25) is 0 Å². The van der Waals surface area contributed by atoms with E-state index in [1.807, 2.05) is 60.7 Å². The van der Waals surface area contributed by atoms with Gasteiger partial charge in [0, 0.05) is 18.1 Å². The van der Waals surface area contributed by atoms with Crippen LogP contribution in [0.15, 0.2) is 110 Å². The summed E-state index contributed by atoms with van der Waals surface area (Å²) in [5.41, 5.74) is 2.92. The predicted molar refractivity (Wildman–Crippen MR) is 112 cm³/mol. The standard InChI is InChI=1S/C22H18N6O/c29-21-13-19(25-24-18-9-5-2-6-10-18)12-11-17(21)15-23-27-22-14-20(26-28-22)16-7-3-1-4-8-16/h1-13,15,20,29H,14H2/b23-15-,25-24?,27-22+/t20-/m0/s1. The van der Waals surface area contributed by atoms with Gasteiger partial charge >= 0.3 is 0 Å². The maximum atomic E-state index is 10.2. The summed E-state index contributed by atoms with van der Waals surface area (Å²) < 4.78 is 0. The summed E-state index contributed by atoms with van der Waals surface area (Å²) in [5.74, 6) is 0.608. The van der Waals surface area contributed by atoms with Gasteiger partial charge in [0.1, 0.15) is 11.8 Å². The van der Waals surface area contributed by atoms with Crippen molar-refractivity contribution in [1.29, 1.82) is 0 Å². The van der Waals surface area contributed by atoms with Gasteiger partial charge in [0.2, 0.25) is 0 Å². The van der Waals surface area contributed by atoms with Gasteiger partial charge in [0.15, 0.2) is 5.84 Å². The minimum Gasteiger partial charge on any atom is -0.507 e. The van der Waals surface area contributed by atoms with Crippen LogP contribution in [0.2, 0.25) is 0 Å². The lowest BCUT2D eigenvalue weighted by atomic mass is 10.1. The maximum Gasteiger partial charge on any atom is 0.175 e. The third-order valence-electron chi connectivity index (χ3n) is 4.29. The minimum absolute atomic E-state index is 0.0205. The summed E-state index contributed by atoms with van der Waals surface area (Å²) in [6.07, 6.45) is 2.08. The first kappa shape index (κ1) is 18.4. The summed E-state index contributed by atoms with van der Waals surface area (Å²) in [6, 6.07) is 24.3. The van der Waals surface area contributed by atoms with E-state index in [4.69, 9.17) is 0 Å². The van der Waals surface area contributed by atoms with E-state index in [1.165, 1.54) is 12.3 Å². The second-order valence-electron chi connectivity index (χ2n) is 6.39. The number of phenols is 1. The normalized spacial score (nSPS) is 17.7. The summed E-state index contributed by atoms with van der Waals surface area (Å²) in [4.78, 5) is 0. The third kappa shape index (κ3) is 4.84. The highest BCUT2D eigenvalue weighted by Gasteiger charge is 2.19. The topological polar surface area (TPSA) is 94.4 Å². The Kier molecular flexibility index (Phi) is 5.57. The van der Waals surface area contributed by atoms with Crippen LogP contribution >= 0.6 is 0 Å². The second kappa shape index (κ2) is 8.79. The van der Waals surface area contributed by atoms with Crippen molar-refractivity contribution in [3.63, 3.8) is 0 Å². The molecule has 1 heterocycles. The van der Waals surface area contributed by atoms with Crippen LogP contribution in [0.1, 0.15) is 23.6 Å². The number of hydrogen-bond donors (Lipinski definition) is 1. The summed E-state index contributed by atoms with van der Waals surface area (Å²) in [7, 11) is 0. The molecule has 0 aliphatic carbocycles. The Hall–Kier alpha value is -4.00. The average Bonchev–Trinajstić information content (AvgIpc) is 3.24. The largest absolute Gasteiger partial charge is 0.507 e. The van der Waals surface area contributed by atoms with Gasteiger partial charge < -0.3 is 5.11 Å². The van der Waals surface area contributed by atoms with Gasteiger partial charge in [-0.1, -0.05) is 48.5 Å². The van der Waals surface area contributed by atoms with Crippen LogP contribution in [-0.2, 0) is 0 Å². The van der Waals surface area contributed by atoms with Crippen molar-refractivity contribution in [1.82, 2.24) is 0 Å². The zero-order valence-electron chi connectivity index (χ0n) is 15.5. The molecule has 1 aliphatic rings. The van der Waals surface area contributed by atoms with Gasteiger partial charge in [-0.2, -0.15) is 20.4 Å². The van der Waals surface area contributed by atoms with Crippen LogP contribution in [0.5, 0.6) is 5.75 Å². The Morgan fingerprint density at radius 1 is 0.862 bits per heavy atom. The molecule has 0 saturated heterocycles. The zero-order chi connectivity index (χ0) is 19.9. The highest BCUT2D eigenvalue weighted by molar-refractivity contribution is 5.87. The maximum absolute atomic E-state index is 10.2. The van der Waals surface area contributed by atoms with Crippen molar-refractivity contribution >= 4 is 23.4 Å². The van der Waals surface area contributed by atoms with Crippen molar-refractivity contribution in [3.8, 4) is 5.75 Å². The molecule has 0 amide bonds. The fourth-order valence-electron chi connectivity index (χ4n) is 2.78. The summed E-state index contributed by atoms with van der Waals surface area (Å²) in [5, 5.41) is 34.9. The van der Waals surface area contributed by atoms with Crippen LogP contribution in [0.4, 0.5) is 11.4 Å². The van der Waals surface area contributed by atoms with Crippen LogP contribution in [0.25, 0.3) is 0 Å². The number of nitrogens with zero attached hydrogens (tertiary/aromatic N) is 6. The number of rotatable bonds is 5. The molecule has 7 nitrogen and oxygen atoms in total. The quantitative estimate of drug-likeness (QED) is 0.320. The highest BCUT2D eigenvalue weighted by atomic mass is 16.3. The molecular weight excluding hydrogens is 364 g/mol. The fourth-order valence-corrected chi connectivity index (χ4v) is 2.78. The van der Waals surface area contributed by atoms with Gasteiger partial charge in [-0.25, -0.2) is 0 Å². The second-order valence-corrected chi connectivity index (χ2v) is 6.39. The molecular formula is C22H18N6O. The molecule has 0 bridgehead atoms. The Morgan fingerprint density at radius 2 is 1.59 bits per heavy atom. The smallest absolute Gasteiger partial charge is 0.175 e. The van der Waals surface area contributed by atoms with Gasteiger partial charge in [-0.05, 0) is 29.8 Å². The number of azo groups is 2. The van der Waals surface area contributed by atoms with E-state index in [0.29, 0.717) is 23.5 Å². The summed E-state index contributed by atoms with van der Waals surface area (Å²) in [6.45, 7) is 0. The van der Waals surface area contributed by atoms with E-state index in [9.17, 15) is 5.11 Å². The lowest BCUT2D eigenvalue weighted by Crippen LogP contribution is -1.95. The van der Waals surface area contributed by atoms with Crippen molar-refractivity contribution in [2.24, 2.45) is 30.7 Å². The van der Waals surface area contributed by atoms with Crippen LogP contribution in [0, 0.1) is 0 Å². The Balaban J connectivity index is 1.39. The van der Waals surface area contributed by atoms with E-state index in [2.05, 4.69) is 30.7 Å². The third-order valence-corrected chi connectivity index (χ3v) is 4.29. The summed E-state index contributed by atoms with van der Waals surface area (Å²) >= 11 is 0. The minimum atomic E-state index is -0.0205. The molecule has 4 rings (SSSR count). The molecule has 7 heteroatoms. The van der Waals surface area contributed by atoms with Crippen molar-refractivity contribution in [3.05, 3.63) is 90.0 Å². The monoisotopic (exact) mass is 382 g/mol. The molecule has 0 radical (unpaired) electrons. The number of phenolic OH excluding ortho intramolecular Hbond substituents is 1. The van der Waals surface area contributed by atoms with Crippen molar-refractivity contribution in [2.45, 2.75) is 12.5 Å². The number of hydrogen-bond acceptors (Lipinski definition) is 6. The van der Waals surface area contributed by atoms with Gasteiger partial charge in [0.05, 0.1) is 17.6 Å². The first-order valence-corrected chi connectivity index (χ1v) is 9.13. The predicted octanol–water partition coefficient (Wildman–Crippen LogP) is 6.14. The van der Waals surface area contributed by atoms with E-state index in [1.54, 1.807) is 12.1 Å². The molecule has 0 aromatic heterocycles. The van der Waals surface area contributed by atoms with Gasteiger partial charge in [0.25, 0.3) is 0 Å². The molecule has 1 aliphatic heterocycles. The van der Waals surface area contributed by atoms with Crippen molar-refractivity contribution in [2.75, 3.05) is 0 Å². The molecule has 0 spiro atoms. The number of amidine groups is 1.